The fourth-order valence-corrected chi connectivity index (χ4v) is 8.41. The minimum absolute atomic E-state index is 0.0328. The van der Waals surface area contributed by atoms with Crippen molar-refractivity contribution in [3.8, 4) is 0 Å². The standard InChI is InChI=1S/C26H35ClO5/c1-5-6-22(31)32-13-21(30)23-14(2)9-17-16-11-19(27)18-10-15(28)7-8-25(18,3)24(16)20(29)12-26(17,23)4/h7-8,10,14,16-17,19-20,23-24,29H,5-6,9,11-13H2,1-4H3/t14-,16+,17+,19+,20+,23-,24-,25+,26+/m1/s1. The van der Waals surface area contributed by atoms with Gasteiger partial charge < -0.3 is 9.84 Å². The molecule has 6 heteroatoms. The number of fused-ring (bicyclic) bond motifs is 5. The van der Waals surface area contributed by atoms with Gasteiger partial charge in [-0.05, 0) is 66.6 Å². The summed E-state index contributed by atoms with van der Waals surface area (Å²) in [5.41, 5.74) is 0.0961. The molecule has 0 unspecified atom stereocenters. The minimum Gasteiger partial charge on any atom is -0.458 e. The lowest BCUT2D eigenvalue weighted by molar-refractivity contribution is -0.154. The number of esters is 1. The number of allylic oxidation sites excluding steroid dienone is 4. The number of carbonyl (C=O) groups is 3. The third-order valence-corrected chi connectivity index (χ3v) is 9.41. The van der Waals surface area contributed by atoms with E-state index in [1.54, 1.807) is 12.2 Å². The minimum atomic E-state index is -0.597. The number of Topliss-reactive ketones (excluding diaryl/α,β-unsaturated/α-hetero) is 1. The summed E-state index contributed by atoms with van der Waals surface area (Å²) >= 11 is 6.84. The molecular formula is C26H35ClO5. The van der Waals surface area contributed by atoms with Crippen LogP contribution in [0.3, 0.4) is 0 Å². The Balaban J connectivity index is 1.62. The van der Waals surface area contributed by atoms with E-state index in [0.717, 1.165) is 12.0 Å². The normalized spacial score (nSPS) is 44.9. The van der Waals surface area contributed by atoms with Gasteiger partial charge in [-0.2, -0.15) is 0 Å². The topological polar surface area (TPSA) is 80.7 Å². The third kappa shape index (κ3) is 3.60. The molecule has 0 radical (unpaired) electrons. The summed E-state index contributed by atoms with van der Waals surface area (Å²) in [4.78, 5) is 37.1. The summed E-state index contributed by atoms with van der Waals surface area (Å²) in [6, 6.07) is 0. The zero-order valence-corrected chi connectivity index (χ0v) is 20.2. The van der Waals surface area contributed by atoms with Crippen LogP contribution >= 0.6 is 11.6 Å². The molecule has 176 valence electrons. The van der Waals surface area contributed by atoms with Gasteiger partial charge in [-0.15, -0.1) is 11.6 Å². The Morgan fingerprint density at radius 3 is 2.69 bits per heavy atom. The highest BCUT2D eigenvalue weighted by molar-refractivity contribution is 6.23. The van der Waals surface area contributed by atoms with E-state index < -0.39 is 11.5 Å². The van der Waals surface area contributed by atoms with Gasteiger partial charge in [-0.3, -0.25) is 14.4 Å². The summed E-state index contributed by atoms with van der Waals surface area (Å²) in [5.74, 6) is -0.143. The maximum Gasteiger partial charge on any atom is 0.306 e. The van der Waals surface area contributed by atoms with Crippen molar-refractivity contribution in [3.05, 3.63) is 23.8 Å². The second kappa shape index (κ2) is 8.39. The van der Waals surface area contributed by atoms with Gasteiger partial charge >= 0.3 is 5.97 Å². The smallest absolute Gasteiger partial charge is 0.306 e. The van der Waals surface area contributed by atoms with Crippen molar-refractivity contribution in [2.24, 2.45) is 40.4 Å². The van der Waals surface area contributed by atoms with Crippen LogP contribution in [-0.4, -0.2) is 40.7 Å². The molecule has 0 amide bonds. The van der Waals surface area contributed by atoms with Crippen LogP contribution < -0.4 is 0 Å². The second-order valence-electron chi connectivity index (χ2n) is 11.0. The molecule has 0 aromatic carbocycles. The SMILES string of the molecule is CCCC(=O)OCC(=O)[C@H]1[C@H](C)C[C@H]2[C@@H]3C[C@H](Cl)C4=CC(=O)C=C[C@]4(C)[C@H]3[C@@H](O)C[C@@]21C. The molecular weight excluding hydrogens is 428 g/mol. The van der Waals surface area contributed by atoms with Crippen molar-refractivity contribution in [1.29, 1.82) is 0 Å². The number of halogens is 1. The number of carbonyl (C=O) groups excluding carboxylic acids is 3. The van der Waals surface area contributed by atoms with Crippen LogP contribution in [0.15, 0.2) is 23.8 Å². The van der Waals surface area contributed by atoms with Crippen molar-refractivity contribution in [3.63, 3.8) is 0 Å². The first-order valence-electron chi connectivity index (χ1n) is 12.0. The van der Waals surface area contributed by atoms with Crippen molar-refractivity contribution in [1.82, 2.24) is 0 Å². The maximum atomic E-state index is 13.2. The Morgan fingerprint density at radius 2 is 2.00 bits per heavy atom. The second-order valence-corrected chi connectivity index (χ2v) is 11.5. The number of ketones is 2. The zero-order chi connectivity index (χ0) is 23.4. The predicted octanol–water partition coefficient (Wildman–Crippen LogP) is 4.26. The first-order valence-corrected chi connectivity index (χ1v) is 12.4. The van der Waals surface area contributed by atoms with Gasteiger partial charge in [-0.1, -0.05) is 33.8 Å². The van der Waals surface area contributed by atoms with Crippen LogP contribution in [0.5, 0.6) is 0 Å². The van der Waals surface area contributed by atoms with Crippen LogP contribution in [0.2, 0.25) is 0 Å². The molecule has 1 N–H and O–H groups in total. The van der Waals surface area contributed by atoms with E-state index in [-0.39, 0.29) is 64.5 Å². The molecule has 4 aliphatic carbocycles. The Morgan fingerprint density at radius 1 is 1.28 bits per heavy atom. The van der Waals surface area contributed by atoms with Crippen LogP contribution in [-0.2, 0) is 19.1 Å². The van der Waals surface area contributed by atoms with E-state index in [0.29, 0.717) is 25.7 Å². The van der Waals surface area contributed by atoms with Gasteiger partial charge in [0.05, 0.1) is 11.5 Å². The lowest BCUT2D eigenvalue weighted by Crippen LogP contribution is -2.58. The summed E-state index contributed by atoms with van der Waals surface area (Å²) in [7, 11) is 0. The Bertz CT molecular complexity index is 877. The molecule has 0 aromatic rings. The van der Waals surface area contributed by atoms with Crippen molar-refractivity contribution < 1.29 is 24.2 Å². The van der Waals surface area contributed by atoms with E-state index in [9.17, 15) is 19.5 Å². The molecule has 3 saturated carbocycles. The molecule has 0 spiro atoms. The maximum absolute atomic E-state index is 13.2. The van der Waals surface area contributed by atoms with Crippen molar-refractivity contribution >= 4 is 29.1 Å². The predicted molar refractivity (Wildman–Crippen MR) is 122 cm³/mol. The molecule has 4 aliphatic rings. The Hall–Kier alpha value is -1.46. The first-order chi connectivity index (χ1) is 15.0. The van der Waals surface area contributed by atoms with Gasteiger partial charge in [0, 0.05) is 23.7 Å². The highest BCUT2D eigenvalue weighted by Gasteiger charge is 2.65. The van der Waals surface area contributed by atoms with Crippen LogP contribution in [0, 0.1) is 40.4 Å². The highest BCUT2D eigenvalue weighted by atomic mass is 35.5. The number of aliphatic hydroxyl groups excluding tert-OH is 1. The Kier molecular flexibility index (Phi) is 6.21. The van der Waals surface area contributed by atoms with Crippen LogP contribution in [0.1, 0.15) is 59.8 Å². The average molecular weight is 463 g/mol. The van der Waals surface area contributed by atoms with E-state index in [2.05, 4.69) is 20.8 Å². The molecule has 32 heavy (non-hydrogen) atoms. The third-order valence-electron chi connectivity index (χ3n) is 8.99. The summed E-state index contributed by atoms with van der Waals surface area (Å²) in [6.07, 6.45) is 7.73. The van der Waals surface area contributed by atoms with Gasteiger partial charge in [-0.25, -0.2) is 0 Å². The lowest BCUT2D eigenvalue weighted by atomic mass is 9.46. The van der Waals surface area contributed by atoms with Crippen LogP contribution in [0.4, 0.5) is 0 Å². The molecule has 5 nitrogen and oxygen atoms in total. The molecule has 0 saturated heterocycles. The molecule has 3 fully saturated rings. The lowest BCUT2D eigenvalue weighted by Gasteiger charge is -2.59. The fourth-order valence-electron chi connectivity index (χ4n) is 7.91. The molecule has 9 atom stereocenters. The van der Waals surface area contributed by atoms with E-state index in [1.165, 1.54) is 0 Å². The fraction of sp³-hybridized carbons (Fsp3) is 0.731. The van der Waals surface area contributed by atoms with E-state index in [1.807, 2.05) is 13.0 Å². The molecule has 4 rings (SSSR count). The van der Waals surface area contributed by atoms with Crippen molar-refractivity contribution in [2.45, 2.75) is 71.3 Å². The van der Waals surface area contributed by atoms with Gasteiger partial charge in [0.25, 0.3) is 0 Å². The first kappa shape index (κ1) is 23.7. The molecule has 0 aliphatic heterocycles. The zero-order valence-electron chi connectivity index (χ0n) is 19.5. The molecule has 0 bridgehead atoms. The molecule has 0 aromatic heterocycles. The van der Waals surface area contributed by atoms with Gasteiger partial charge in [0.15, 0.2) is 11.6 Å². The highest BCUT2D eigenvalue weighted by Crippen LogP contribution is 2.67. The Labute approximate surface area is 195 Å². The van der Waals surface area contributed by atoms with Gasteiger partial charge in [0.2, 0.25) is 0 Å². The monoisotopic (exact) mass is 462 g/mol. The summed E-state index contributed by atoms with van der Waals surface area (Å²) < 4.78 is 5.26. The number of hydrogen-bond donors (Lipinski definition) is 1. The number of aliphatic hydroxyl groups is 1. The number of ether oxygens (including phenoxy) is 1. The van der Waals surface area contributed by atoms with Crippen molar-refractivity contribution in [2.75, 3.05) is 6.61 Å². The van der Waals surface area contributed by atoms with Gasteiger partial charge in [0.1, 0.15) is 6.61 Å². The summed E-state index contributed by atoms with van der Waals surface area (Å²) in [5, 5.41) is 11.2. The number of hydrogen-bond acceptors (Lipinski definition) is 5. The van der Waals surface area contributed by atoms with Crippen LogP contribution in [0.25, 0.3) is 0 Å². The average Bonchev–Trinajstić information content (AvgIpc) is 2.97. The quantitative estimate of drug-likeness (QED) is 0.487. The summed E-state index contributed by atoms with van der Waals surface area (Å²) in [6.45, 7) is 8.05. The molecule has 0 heterocycles. The van der Waals surface area contributed by atoms with E-state index in [4.69, 9.17) is 16.3 Å². The number of rotatable bonds is 5. The number of alkyl halides is 1. The largest absolute Gasteiger partial charge is 0.458 e. The van der Waals surface area contributed by atoms with E-state index >= 15 is 0 Å².